The van der Waals surface area contributed by atoms with Crippen molar-refractivity contribution in [2.45, 2.75) is 33.7 Å². The van der Waals surface area contributed by atoms with Crippen LogP contribution in [0.15, 0.2) is 34.7 Å². The molecule has 0 fully saturated rings. The molecule has 0 saturated heterocycles. The highest BCUT2D eigenvalue weighted by atomic mass is 32.1. The van der Waals surface area contributed by atoms with Crippen molar-refractivity contribution in [1.82, 2.24) is 9.55 Å². The molecule has 0 radical (unpaired) electrons. The zero-order valence-electron chi connectivity index (χ0n) is 12.5. The zero-order valence-corrected chi connectivity index (χ0v) is 13.3. The Bertz CT molecular complexity index is 861. The molecule has 0 saturated carbocycles. The van der Waals surface area contributed by atoms with Gasteiger partial charge in [0.25, 0.3) is 5.56 Å². The molecule has 0 aliphatic heterocycles. The molecule has 0 N–H and O–H groups in total. The smallest absolute Gasteiger partial charge is 0.262 e. The van der Waals surface area contributed by atoms with Gasteiger partial charge in [-0.2, -0.15) is 0 Å². The van der Waals surface area contributed by atoms with Crippen molar-refractivity contribution >= 4 is 21.6 Å². The van der Waals surface area contributed by atoms with Gasteiger partial charge in [-0.15, -0.1) is 11.3 Å². The molecule has 0 bridgehead atoms. The first kappa shape index (κ1) is 14.0. The number of aryl methyl sites for hydroxylation is 3. The Kier molecular flexibility index (Phi) is 3.64. The van der Waals surface area contributed by atoms with Crippen LogP contribution in [0.1, 0.15) is 24.5 Å². The summed E-state index contributed by atoms with van der Waals surface area (Å²) in [5.74, 6) is 0. The molecule has 3 nitrogen and oxygen atoms in total. The molecule has 4 heteroatoms. The Balaban J connectivity index is 2.28. The summed E-state index contributed by atoms with van der Waals surface area (Å²) < 4.78 is 1.71. The van der Waals surface area contributed by atoms with Crippen molar-refractivity contribution in [1.29, 1.82) is 0 Å². The van der Waals surface area contributed by atoms with E-state index < -0.39 is 0 Å². The fraction of sp³-hybridized carbons (Fsp3) is 0.294. The van der Waals surface area contributed by atoms with Crippen molar-refractivity contribution < 1.29 is 0 Å². The van der Waals surface area contributed by atoms with Gasteiger partial charge >= 0.3 is 0 Å². The van der Waals surface area contributed by atoms with Crippen LogP contribution in [0, 0.1) is 13.8 Å². The first-order chi connectivity index (χ1) is 10.1. The van der Waals surface area contributed by atoms with Crippen LogP contribution in [0.25, 0.3) is 21.3 Å². The molecule has 0 unspecified atom stereocenters. The lowest BCUT2D eigenvalue weighted by molar-refractivity contribution is 0.648. The molecule has 0 atom stereocenters. The van der Waals surface area contributed by atoms with Crippen LogP contribution in [0.5, 0.6) is 0 Å². The van der Waals surface area contributed by atoms with Crippen LogP contribution in [-0.4, -0.2) is 9.55 Å². The Morgan fingerprint density at radius 3 is 2.76 bits per heavy atom. The minimum absolute atomic E-state index is 0.0677. The SMILES string of the molecule is CCCn1cnc2scc(-c3ccc(C)cc3C)c2c1=O. The summed E-state index contributed by atoms with van der Waals surface area (Å²) in [4.78, 5) is 17.9. The summed E-state index contributed by atoms with van der Waals surface area (Å²) in [6.07, 6.45) is 2.59. The molecular formula is C17H18N2OS. The summed E-state index contributed by atoms with van der Waals surface area (Å²) in [5.41, 5.74) is 4.63. The van der Waals surface area contributed by atoms with Crippen molar-refractivity contribution in [3.63, 3.8) is 0 Å². The molecule has 3 aromatic rings. The number of hydrogen-bond acceptors (Lipinski definition) is 3. The monoisotopic (exact) mass is 298 g/mol. The summed E-state index contributed by atoms with van der Waals surface area (Å²) in [6, 6.07) is 6.34. The predicted octanol–water partition coefficient (Wildman–Crippen LogP) is 4.15. The summed E-state index contributed by atoms with van der Waals surface area (Å²) >= 11 is 1.54. The summed E-state index contributed by atoms with van der Waals surface area (Å²) in [6.45, 7) is 6.95. The van der Waals surface area contributed by atoms with Gasteiger partial charge in [0.15, 0.2) is 0 Å². The standard InChI is InChI=1S/C17H18N2OS/c1-4-7-19-10-18-16-15(17(19)20)14(9-21-16)13-6-5-11(2)8-12(13)3/h5-6,8-10H,4,7H2,1-3H3. The lowest BCUT2D eigenvalue weighted by Crippen LogP contribution is -2.20. The maximum Gasteiger partial charge on any atom is 0.262 e. The van der Waals surface area contributed by atoms with Crippen molar-refractivity contribution in [2.75, 3.05) is 0 Å². The van der Waals surface area contributed by atoms with E-state index >= 15 is 0 Å². The third kappa shape index (κ3) is 2.40. The molecule has 108 valence electrons. The molecule has 21 heavy (non-hydrogen) atoms. The number of benzene rings is 1. The van der Waals surface area contributed by atoms with Crippen molar-refractivity contribution in [3.05, 3.63) is 51.4 Å². The number of fused-ring (bicyclic) bond motifs is 1. The molecular weight excluding hydrogens is 280 g/mol. The van der Waals surface area contributed by atoms with Gasteiger partial charge in [-0.3, -0.25) is 9.36 Å². The van der Waals surface area contributed by atoms with Gasteiger partial charge in [0.05, 0.1) is 11.7 Å². The normalized spacial score (nSPS) is 11.2. The lowest BCUT2D eigenvalue weighted by Gasteiger charge is -2.07. The molecule has 0 spiro atoms. The fourth-order valence-electron chi connectivity index (χ4n) is 2.68. The van der Waals surface area contributed by atoms with Crippen LogP contribution in [0.3, 0.4) is 0 Å². The maximum absolute atomic E-state index is 12.7. The Labute approximate surface area is 127 Å². The van der Waals surface area contributed by atoms with Crippen molar-refractivity contribution in [3.8, 4) is 11.1 Å². The second kappa shape index (κ2) is 5.45. The maximum atomic E-state index is 12.7. The largest absolute Gasteiger partial charge is 0.299 e. The van der Waals surface area contributed by atoms with Gasteiger partial charge in [0, 0.05) is 17.5 Å². The number of rotatable bonds is 3. The van der Waals surface area contributed by atoms with Gasteiger partial charge in [0.1, 0.15) is 4.83 Å². The summed E-state index contributed by atoms with van der Waals surface area (Å²) in [7, 11) is 0. The van der Waals surface area contributed by atoms with E-state index in [9.17, 15) is 4.79 Å². The van der Waals surface area contributed by atoms with E-state index in [1.165, 1.54) is 22.5 Å². The van der Waals surface area contributed by atoms with Gasteiger partial charge in [-0.1, -0.05) is 30.7 Å². The third-order valence-corrected chi connectivity index (χ3v) is 4.58. The third-order valence-electron chi connectivity index (χ3n) is 3.70. The molecule has 3 rings (SSSR count). The average molecular weight is 298 g/mol. The quantitative estimate of drug-likeness (QED) is 0.728. The molecule has 0 aliphatic carbocycles. The number of hydrogen-bond donors (Lipinski definition) is 0. The van der Waals surface area contributed by atoms with Crippen LogP contribution in [0.4, 0.5) is 0 Å². The molecule has 1 aromatic carbocycles. The van der Waals surface area contributed by atoms with E-state index in [4.69, 9.17) is 0 Å². The Morgan fingerprint density at radius 1 is 1.24 bits per heavy atom. The van der Waals surface area contributed by atoms with Gasteiger partial charge < -0.3 is 0 Å². The highest BCUT2D eigenvalue weighted by Crippen LogP contribution is 2.32. The second-order valence-electron chi connectivity index (χ2n) is 5.39. The van der Waals surface area contributed by atoms with E-state index in [0.29, 0.717) is 6.54 Å². The first-order valence-electron chi connectivity index (χ1n) is 7.16. The second-order valence-corrected chi connectivity index (χ2v) is 6.25. The van der Waals surface area contributed by atoms with Gasteiger partial charge in [-0.05, 0) is 31.4 Å². The first-order valence-corrected chi connectivity index (χ1v) is 8.04. The predicted molar refractivity (Wildman–Crippen MR) is 89.1 cm³/mol. The van der Waals surface area contributed by atoms with Gasteiger partial charge in [-0.25, -0.2) is 4.98 Å². The lowest BCUT2D eigenvalue weighted by atomic mass is 9.99. The molecule has 2 heterocycles. The summed E-state index contributed by atoms with van der Waals surface area (Å²) in [5, 5.41) is 2.80. The van der Waals surface area contributed by atoms with Gasteiger partial charge in [0.2, 0.25) is 0 Å². The number of aromatic nitrogens is 2. The minimum atomic E-state index is 0.0677. The average Bonchev–Trinajstić information content (AvgIpc) is 2.87. The van der Waals surface area contributed by atoms with E-state index in [1.807, 2.05) is 5.38 Å². The van der Waals surface area contributed by atoms with Crippen LogP contribution in [-0.2, 0) is 6.54 Å². The van der Waals surface area contributed by atoms with Crippen molar-refractivity contribution in [2.24, 2.45) is 0 Å². The minimum Gasteiger partial charge on any atom is -0.299 e. The zero-order chi connectivity index (χ0) is 15.0. The topological polar surface area (TPSA) is 34.9 Å². The molecule has 0 aliphatic rings. The van der Waals surface area contributed by atoms with Crippen LogP contribution >= 0.6 is 11.3 Å². The van der Waals surface area contributed by atoms with Crippen LogP contribution < -0.4 is 5.56 Å². The highest BCUT2D eigenvalue weighted by Gasteiger charge is 2.14. The molecule has 0 amide bonds. The molecule has 2 aromatic heterocycles. The Hall–Kier alpha value is -1.94. The van der Waals surface area contributed by atoms with E-state index in [2.05, 4.69) is 44.0 Å². The van der Waals surface area contributed by atoms with E-state index in [-0.39, 0.29) is 5.56 Å². The van der Waals surface area contributed by atoms with E-state index in [1.54, 1.807) is 10.9 Å². The van der Waals surface area contributed by atoms with E-state index in [0.717, 1.165) is 27.8 Å². The number of nitrogens with zero attached hydrogens (tertiary/aromatic N) is 2. The van der Waals surface area contributed by atoms with Crippen LogP contribution in [0.2, 0.25) is 0 Å². The fourth-order valence-corrected chi connectivity index (χ4v) is 3.58. The highest BCUT2D eigenvalue weighted by molar-refractivity contribution is 7.17. The Morgan fingerprint density at radius 2 is 2.05 bits per heavy atom. The number of thiophene rings is 1.